The number of ether oxygens (including phenoxy) is 3. The number of para-hydroxylation sites is 2. The second-order valence-corrected chi connectivity index (χ2v) is 7.22. The summed E-state index contributed by atoms with van der Waals surface area (Å²) >= 11 is 0. The smallest absolute Gasteiger partial charge is 0.161 e. The SMILES string of the molecule is COc1ccccc1OCCN(Cc1ccccc1)C(C)CN1CCOCC1. The molecule has 1 unspecified atom stereocenters. The molecular weight excluding hydrogens is 352 g/mol. The van der Waals surface area contributed by atoms with Gasteiger partial charge in [-0.1, -0.05) is 42.5 Å². The zero-order valence-electron chi connectivity index (χ0n) is 17.0. The van der Waals surface area contributed by atoms with Crippen LogP contribution in [0.3, 0.4) is 0 Å². The summed E-state index contributed by atoms with van der Waals surface area (Å²) in [5.74, 6) is 1.57. The first kappa shape index (κ1) is 20.6. The molecular formula is C23H32N2O3. The average molecular weight is 385 g/mol. The fourth-order valence-electron chi connectivity index (χ4n) is 3.56. The van der Waals surface area contributed by atoms with E-state index in [4.69, 9.17) is 14.2 Å². The van der Waals surface area contributed by atoms with Gasteiger partial charge in [0.15, 0.2) is 11.5 Å². The van der Waals surface area contributed by atoms with Gasteiger partial charge in [0.2, 0.25) is 0 Å². The Morgan fingerprint density at radius 3 is 2.39 bits per heavy atom. The lowest BCUT2D eigenvalue weighted by molar-refractivity contribution is 0.0221. The molecule has 1 aliphatic heterocycles. The first-order valence-corrected chi connectivity index (χ1v) is 10.1. The number of nitrogens with zero attached hydrogens (tertiary/aromatic N) is 2. The molecule has 0 aliphatic carbocycles. The quantitative estimate of drug-likeness (QED) is 0.628. The molecule has 5 nitrogen and oxygen atoms in total. The maximum atomic E-state index is 6.04. The number of benzene rings is 2. The average Bonchev–Trinajstić information content (AvgIpc) is 2.75. The van der Waals surface area contributed by atoms with Gasteiger partial charge < -0.3 is 14.2 Å². The minimum atomic E-state index is 0.430. The predicted molar refractivity (Wildman–Crippen MR) is 112 cm³/mol. The summed E-state index contributed by atoms with van der Waals surface area (Å²) in [5.41, 5.74) is 1.33. The number of morpholine rings is 1. The van der Waals surface area contributed by atoms with Gasteiger partial charge in [0.25, 0.3) is 0 Å². The molecule has 1 heterocycles. The lowest BCUT2D eigenvalue weighted by Gasteiger charge is -2.35. The molecule has 5 heteroatoms. The Bertz CT molecular complexity index is 689. The van der Waals surface area contributed by atoms with E-state index in [0.29, 0.717) is 12.6 Å². The van der Waals surface area contributed by atoms with E-state index in [1.165, 1.54) is 5.56 Å². The molecule has 1 atom stereocenters. The Morgan fingerprint density at radius 1 is 1.00 bits per heavy atom. The largest absolute Gasteiger partial charge is 0.493 e. The van der Waals surface area contributed by atoms with Gasteiger partial charge in [-0.2, -0.15) is 0 Å². The first-order chi connectivity index (χ1) is 13.8. The zero-order valence-corrected chi connectivity index (χ0v) is 17.0. The summed E-state index contributed by atoms with van der Waals surface area (Å²) in [6.45, 7) is 9.46. The highest BCUT2D eigenvalue weighted by molar-refractivity contribution is 5.39. The van der Waals surface area contributed by atoms with Crippen molar-refractivity contribution in [3.63, 3.8) is 0 Å². The molecule has 3 rings (SSSR count). The van der Waals surface area contributed by atoms with Crippen LogP contribution < -0.4 is 9.47 Å². The maximum Gasteiger partial charge on any atom is 0.161 e. The van der Waals surface area contributed by atoms with Crippen molar-refractivity contribution in [2.24, 2.45) is 0 Å². The maximum absolute atomic E-state index is 6.04. The Labute approximate surface area is 168 Å². The summed E-state index contributed by atoms with van der Waals surface area (Å²) < 4.78 is 16.9. The summed E-state index contributed by atoms with van der Waals surface area (Å²) in [7, 11) is 1.67. The molecule has 28 heavy (non-hydrogen) atoms. The third kappa shape index (κ3) is 6.23. The lowest BCUT2D eigenvalue weighted by atomic mass is 10.1. The Morgan fingerprint density at radius 2 is 1.68 bits per heavy atom. The molecule has 0 spiro atoms. The minimum Gasteiger partial charge on any atom is -0.493 e. The zero-order chi connectivity index (χ0) is 19.6. The third-order valence-corrected chi connectivity index (χ3v) is 5.18. The molecule has 0 radical (unpaired) electrons. The topological polar surface area (TPSA) is 34.2 Å². The number of hydrogen-bond donors (Lipinski definition) is 0. The van der Waals surface area contributed by atoms with Crippen molar-refractivity contribution in [2.45, 2.75) is 19.5 Å². The molecule has 1 fully saturated rings. The first-order valence-electron chi connectivity index (χ1n) is 10.1. The predicted octanol–water partition coefficient (Wildman–Crippen LogP) is 3.30. The monoisotopic (exact) mass is 384 g/mol. The van der Waals surface area contributed by atoms with Crippen LogP contribution in [0.15, 0.2) is 54.6 Å². The second-order valence-electron chi connectivity index (χ2n) is 7.22. The van der Waals surface area contributed by atoms with Gasteiger partial charge in [-0.3, -0.25) is 9.80 Å². The minimum absolute atomic E-state index is 0.430. The lowest BCUT2D eigenvalue weighted by Crippen LogP contribution is -2.46. The van der Waals surface area contributed by atoms with Gasteiger partial charge in [-0.25, -0.2) is 0 Å². The fraction of sp³-hybridized carbons (Fsp3) is 0.478. The van der Waals surface area contributed by atoms with Crippen LogP contribution in [0.2, 0.25) is 0 Å². The van der Waals surface area contributed by atoms with Crippen molar-refractivity contribution >= 4 is 0 Å². The van der Waals surface area contributed by atoms with Crippen LogP contribution in [-0.2, 0) is 11.3 Å². The molecule has 0 bridgehead atoms. The summed E-state index contributed by atoms with van der Waals surface area (Å²) in [6.07, 6.45) is 0. The highest BCUT2D eigenvalue weighted by Crippen LogP contribution is 2.25. The molecule has 1 saturated heterocycles. The molecule has 2 aromatic carbocycles. The summed E-state index contributed by atoms with van der Waals surface area (Å²) in [4.78, 5) is 4.99. The van der Waals surface area contributed by atoms with Crippen LogP contribution in [0.4, 0.5) is 0 Å². The van der Waals surface area contributed by atoms with E-state index in [2.05, 4.69) is 47.1 Å². The van der Waals surface area contributed by atoms with Crippen molar-refractivity contribution in [1.82, 2.24) is 9.80 Å². The van der Waals surface area contributed by atoms with Crippen molar-refractivity contribution in [1.29, 1.82) is 0 Å². The van der Waals surface area contributed by atoms with E-state index in [9.17, 15) is 0 Å². The van der Waals surface area contributed by atoms with Gasteiger partial charge in [0, 0.05) is 38.8 Å². The summed E-state index contributed by atoms with van der Waals surface area (Å²) in [6, 6.07) is 18.9. The van der Waals surface area contributed by atoms with Crippen LogP contribution in [0, 0.1) is 0 Å². The molecule has 0 saturated carbocycles. The molecule has 1 aliphatic rings. The van der Waals surface area contributed by atoms with Crippen LogP contribution in [-0.4, -0.2) is 69.0 Å². The van der Waals surface area contributed by atoms with Gasteiger partial charge in [-0.05, 0) is 24.6 Å². The van der Waals surface area contributed by atoms with Crippen LogP contribution in [0.1, 0.15) is 12.5 Å². The van der Waals surface area contributed by atoms with E-state index in [-0.39, 0.29) is 0 Å². The van der Waals surface area contributed by atoms with Crippen molar-refractivity contribution in [3.8, 4) is 11.5 Å². The standard InChI is InChI=1S/C23H32N2O3/c1-20(18-24-12-15-27-16-13-24)25(19-21-8-4-3-5-9-21)14-17-28-23-11-7-6-10-22(23)26-2/h3-11,20H,12-19H2,1-2H3. The molecule has 0 amide bonds. The summed E-state index contributed by atoms with van der Waals surface area (Å²) in [5, 5.41) is 0. The van der Waals surface area contributed by atoms with Crippen LogP contribution in [0.5, 0.6) is 11.5 Å². The van der Waals surface area contributed by atoms with E-state index >= 15 is 0 Å². The van der Waals surface area contributed by atoms with Crippen LogP contribution in [0.25, 0.3) is 0 Å². The van der Waals surface area contributed by atoms with E-state index < -0.39 is 0 Å². The van der Waals surface area contributed by atoms with E-state index in [1.54, 1.807) is 7.11 Å². The highest BCUT2D eigenvalue weighted by Gasteiger charge is 2.19. The molecule has 152 valence electrons. The Hall–Kier alpha value is -2.08. The van der Waals surface area contributed by atoms with Gasteiger partial charge in [0.05, 0.1) is 20.3 Å². The third-order valence-electron chi connectivity index (χ3n) is 5.18. The van der Waals surface area contributed by atoms with Crippen molar-refractivity contribution in [2.75, 3.05) is 53.1 Å². The Kier molecular flexibility index (Phi) is 8.15. The van der Waals surface area contributed by atoms with Gasteiger partial charge >= 0.3 is 0 Å². The van der Waals surface area contributed by atoms with E-state index in [1.807, 2.05) is 24.3 Å². The molecule has 0 aromatic heterocycles. The molecule has 0 N–H and O–H groups in total. The van der Waals surface area contributed by atoms with Crippen molar-refractivity contribution < 1.29 is 14.2 Å². The number of hydrogen-bond acceptors (Lipinski definition) is 5. The normalized spacial score (nSPS) is 16.1. The highest BCUT2D eigenvalue weighted by atomic mass is 16.5. The fourth-order valence-corrected chi connectivity index (χ4v) is 3.56. The second kappa shape index (κ2) is 11.1. The Balaban J connectivity index is 1.59. The van der Waals surface area contributed by atoms with Gasteiger partial charge in [0.1, 0.15) is 6.61 Å². The number of rotatable bonds is 10. The van der Waals surface area contributed by atoms with Gasteiger partial charge in [-0.15, -0.1) is 0 Å². The van der Waals surface area contributed by atoms with Crippen LogP contribution >= 0.6 is 0 Å². The molecule has 2 aromatic rings. The van der Waals surface area contributed by atoms with E-state index in [0.717, 1.165) is 57.4 Å². The number of methoxy groups -OCH3 is 1. The van der Waals surface area contributed by atoms with Crippen molar-refractivity contribution in [3.05, 3.63) is 60.2 Å².